The van der Waals surface area contributed by atoms with Crippen molar-refractivity contribution in [2.45, 2.75) is 13.0 Å². The van der Waals surface area contributed by atoms with E-state index >= 15 is 0 Å². The number of carbonyl (C=O) groups is 1. The zero-order valence-corrected chi connectivity index (χ0v) is 17.0. The van der Waals surface area contributed by atoms with Crippen LogP contribution in [0.25, 0.3) is 5.82 Å². The van der Waals surface area contributed by atoms with Crippen molar-refractivity contribution in [2.75, 3.05) is 38.2 Å². The Kier molecular flexibility index (Phi) is 5.51. The van der Waals surface area contributed by atoms with Gasteiger partial charge >= 0.3 is 0 Å². The minimum absolute atomic E-state index is 0.123. The molecule has 0 saturated carbocycles. The van der Waals surface area contributed by atoms with Gasteiger partial charge in [0.15, 0.2) is 5.82 Å². The number of hydrogen-bond acceptors (Lipinski definition) is 6. The van der Waals surface area contributed by atoms with E-state index in [0.29, 0.717) is 32.0 Å². The Hall–Kier alpha value is -3.62. The molecule has 1 amide bonds. The number of piperazine rings is 1. The lowest BCUT2D eigenvalue weighted by molar-refractivity contribution is -0.135. The van der Waals surface area contributed by atoms with Crippen LogP contribution in [0.1, 0.15) is 13.0 Å². The molecule has 4 rings (SSSR count). The fourth-order valence-electron chi connectivity index (χ4n) is 3.65. The van der Waals surface area contributed by atoms with Crippen LogP contribution in [0.4, 0.5) is 5.69 Å². The summed E-state index contributed by atoms with van der Waals surface area (Å²) in [7, 11) is 1.66. The number of hydrogen-bond donors (Lipinski definition) is 0. The normalized spacial score (nSPS) is 15.1. The van der Waals surface area contributed by atoms with Gasteiger partial charge in [-0.05, 0) is 31.2 Å². The van der Waals surface area contributed by atoms with Crippen LogP contribution in [0, 0.1) is 0 Å². The van der Waals surface area contributed by atoms with Crippen LogP contribution >= 0.6 is 0 Å². The van der Waals surface area contributed by atoms with Gasteiger partial charge in [0.25, 0.3) is 5.56 Å². The number of rotatable bonds is 5. The summed E-state index contributed by atoms with van der Waals surface area (Å²) in [6.45, 7) is 4.21. The molecule has 1 aromatic carbocycles. The maximum absolute atomic E-state index is 13.1. The molecular formula is C21H24N6O3. The lowest BCUT2D eigenvalue weighted by atomic mass is 10.2. The predicted octanol–water partition coefficient (Wildman–Crippen LogP) is 1.35. The first-order valence-electron chi connectivity index (χ1n) is 9.85. The lowest BCUT2D eigenvalue weighted by Gasteiger charge is -2.37. The zero-order valence-electron chi connectivity index (χ0n) is 17.0. The van der Waals surface area contributed by atoms with E-state index in [1.54, 1.807) is 48.1 Å². The number of methoxy groups -OCH3 is 1. The van der Waals surface area contributed by atoms with Crippen molar-refractivity contribution >= 4 is 11.6 Å². The van der Waals surface area contributed by atoms with Crippen LogP contribution in [0.2, 0.25) is 0 Å². The van der Waals surface area contributed by atoms with Gasteiger partial charge in [0, 0.05) is 44.6 Å². The molecule has 1 unspecified atom stereocenters. The number of amides is 1. The van der Waals surface area contributed by atoms with E-state index in [2.05, 4.69) is 15.1 Å². The first kappa shape index (κ1) is 19.7. The second kappa shape index (κ2) is 8.40. The minimum atomic E-state index is -0.703. The second-order valence-electron chi connectivity index (χ2n) is 7.09. The van der Waals surface area contributed by atoms with Crippen LogP contribution in [0.15, 0.2) is 59.7 Å². The number of ether oxygens (including phenoxy) is 1. The molecule has 9 heteroatoms. The number of para-hydroxylation sites is 2. The lowest BCUT2D eigenvalue weighted by Crippen LogP contribution is -2.51. The van der Waals surface area contributed by atoms with Crippen molar-refractivity contribution in [3.05, 3.63) is 65.2 Å². The van der Waals surface area contributed by atoms with Crippen molar-refractivity contribution in [1.82, 2.24) is 24.5 Å². The van der Waals surface area contributed by atoms with Crippen LogP contribution in [0.3, 0.4) is 0 Å². The van der Waals surface area contributed by atoms with Gasteiger partial charge in [-0.25, -0.2) is 9.36 Å². The van der Waals surface area contributed by atoms with E-state index < -0.39 is 6.04 Å². The summed E-state index contributed by atoms with van der Waals surface area (Å²) in [5.41, 5.74) is 0.698. The van der Waals surface area contributed by atoms with E-state index in [1.165, 1.54) is 10.7 Å². The summed E-state index contributed by atoms with van der Waals surface area (Å²) in [5, 5.41) is 8.48. The molecule has 1 fully saturated rings. The summed E-state index contributed by atoms with van der Waals surface area (Å²) >= 11 is 0. The Labute approximate surface area is 174 Å². The second-order valence-corrected chi connectivity index (χ2v) is 7.09. The van der Waals surface area contributed by atoms with Gasteiger partial charge < -0.3 is 14.5 Å². The van der Waals surface area contributed by atoms with Crippen LogP contribution in [0.5, 0.6) is 5.75 Å². The average molecular weight is 408 g/mol. The molecule has 3 aromatic rings. The summed E-state index contributed by atoms with van der Waals surface area (Å²) in [5.74, 6) is 1.18. The van der Waals surface area contributed by atoms with Gasteiger partial charge in [-0.1, -0.05) is 12.1 Å². The average Bonchev–Trinajstić information content (AvgIpc) is 3.33. The summed E-state index contributed by atoms with van der Waals surface area (Å²) in [6.07, 6.45) is 3.37. The first-order valence-corrected chi connectivity index (χ1v) is 9.85. The number of carbonyl (C=O) groups excluding carboxylic acids is 1. The van der Waals surface area contributed by atoms with Crippen molar-refractivity contribution < 1.29 is 9.53 Å². The van der Waals surface area contributed by atoms with Crippen molar-refractivity contribution in [1.29, 1.82) is 0 Å². The van der Waals surface area contributed by atoms with Crippen molar-refractivity contribution in [3.8, 4) is 11.6 Å². The zero-order chi connectivity index (χ0) is 21.1. The van der Waals surface area contributed by atoms with Crippen LogP contribution < -0.4 is 15.2 Å². The van der Waals surface area contributed by atoms with Crippen LogP contribution in [-0.2, 0) is 4.79 Å². The van der Waals surface area contributed by atoms with Crippen molar-refractivity contribution in [2.24, 2.45) is 0 Å². The molecule has 3 heterocycles. The Bertz CT molecular complexity index is 1070. The highest BCUT2D eigenvalue weighted by atomic mass is 16.5. The third-order valence-electron chi connectivity index (χ3n) is 5.29. The molecule has 30 heavy (non-hydrogen) atoms. The van der Waals surface area contributed by atoms with Gasteiger partial charge in [0.05, 0.1) is 12.8 Å². The molecule has 0 bridgehead atoms. The SMILES string of the molecule is COc1ccccc1N1CCN(C(=O)C(C)n2nc(-n3cccn3)ccc2=O)CC1. The highest BCUT2D eigenvalue weighted by molar-refractivity contribution is 5.80. The highest BCUT2D eigenvalue weighted by Crippen LogP contribution is 2.28. The topological polar surface area (TPSA) is 85.5 Å². The standard InChI is InChI=1S/C21H24N6O3/c1-16(27-20(28)9-8-19(23-27)26-11-5-10-22-26)21(29)25-14-12-24(13-15-25)17-6-3-4-7-18(17)30-2/h3-11,16H,12-15H2,1-2H3. The van der Waals surface area contributed by atoms with Gasteiger partial charge in [0.2, 0.25) is 5.91 Å². The fraction of sp³-hybridized carbons (Fsp3) is 0.333. The Morgan fingerprint density at radius 2 is 1.83 bits per heavy atom. The molecule has 0 radical (unpaired) electrons. The molecule has 1 atom stereocenters. The molecule has 2 aromatic heterocycles. The Balaban J connectivity index is 1.47. The monoisotopic (exact) mass is 408 g/mol. The van der Waals surface area contributed by atoms with E-state index in [1.807, 2.05) is 24.3 Å². The van der Waals surface area contributed by atoms with Crippen molar-refractivity contribution in [3.63, 3.8) is 0 Å². The van der Waals surface area contributed by atoms with E-state index in [0.717, 1.165) is 11.4 Å². The Morgan fingerprint density at radius 1 is 1.07 bits per heavy atom. The summed E-state index contributed by atoms with van der Waals surface area (Å²) in [4.78, 5) is 29.4. The molecule has 0 spiro atoms. The number of aromatic nitrogens is 4. The number of nitrogens with zero attached hydrogens (tertiary/aromatic N) is 6. The molecular weight excluding hydrogens is 384 g/mol. The third kappa shape index (κ3) is 3.78. The van der Waals surface area contributed by atoms with Gasteiger partial charge in [-0.15, -0.1) is 5.10 Å². The minimum Gasteiger partial charge on any atom is -0.495 e. The highest BCUT2D eigenvalue weighted by Gasteiger charge is 2.28. The molecule has 0 aliphatic carbocycles. The summed E-state index contributed by atoms with van der Waals surface area (Å²) < 4.78 is 8.23. The number of benzene rings is 1. The molecule has 156 valence electrons. The number of anilines is 1. The first-order chi connectivity index (χ1) is 14.6. The summed E-state index contributed by atoms with van der Waals surface area (Å²) in [6, 6.07) is 11.9. The Morgan fingerprint density at radius 3 is 2.53 bits per heavy atom. The maximum Gasteiger partial charge on any atom is 0.267 e. The smallest absolute Gasteiger partial charge is 0.267 e. The maximum atomic E-state index is 13.1. The molecule has 1 aliphatic rings. The fourth-order valence-corrected chi connectivity index (χ4v) is 3.65. The largest absolute Gasteiger partial charge is 0.495 e. The van der Waals surface area contributed by atoms with E-state index in [-0.39, 0.29) is 11.5 Å². The van der Waals surface area contributed by atoms with E-state index in [4.69, 9.17) is 4.74 Å². The van der Waals surface area contributed by atoms with Gasteiger partial charge in [0.1, 0.15) is 11.8 Å². The van der Waals surface area contributed by atoms with E-state index in [9.17, 15) is 9.59 Å². The third-order valence-corrected chi connectivity index (χ3v) is 5.29. The molecule has 9 nitrogen and oxygen atoms in total. The van der Waals surface area contributed by atoms with Crippen LogP contribution in [-0.4, -0.2) is 63.7 Å². The van der Waals surface area contributed by atoms with Gasteiger partial charge in [-0.3, -0.25) is 9.59 Å². The molecule has 1 saturated heterocycles. The quantitative estimate of drug-likeness (QED) is 0.634. The molecule has 0 N–H and O–H groups in total. The predicted molar refractivity (Wildman–Crippen MR) is 112 cm³/mol. The molecule has 1 aliphatic heterocycles. The van der Waals surface area contributed by atoms with Gasteiger partial charge in [-0.2, -0.15) is 5.10 Å².